The zero-order valence-corrected chi connectivity index (χ0v) is 21.2. The summed E-state index contributed by atoms with van der Waals surface area (Å²) in [7, 11) is 0. The smallest absolute Gasteiger partial charge is 0.250 e. The number of amides is 1. The maximum atomic E-state index is 13.8. The van der Waals surface area contributed by atoms with Crippen molar-refractivity contribution < 1.29 is 13.9 Å². The van der Waals surface area contributed by atoms with Gasteiger partial charge in [0.2, 0.25) is 0 Å². The Hall–Kier alpha value is -2.30. The van der Waals surface area contributed by atoms with Crippen LogP contribution in [0.25, 0.3) is 0 Å². The van der Waals surface area contributed by atoms with Gasteiger partial charge >= 0.3 is 0 Å². The average Bonchev–Trinajstić information content (AvgIpc) is 2.72. The monoisotopic (exact) mass is 580 g/mol. The van der Waals surface area contributed by atoms with Crippen molar-refractivity contribution in [2.24, 2.45) is 5.10 Å². The van der Waals surface area contributed by atoms with Crippen molar-refractivity contribution in [1.29, 1.82) is 0 Å². The molecule has 3 aromatic rings. The van der Waals surface area contributed by atoms with Crippen molar-refractivity contribution in [1.82, 2.24) is 15.4 Å². The molecule has 0 saturated carbocycles. The van der Waals surface area contributed by atoms with Gasteiger partial charge < -0.3 is 4.74 Å². The normalized spacial score (nSPS) is 11.0. The molecule has 32 heavy (non-hydrogen) atoms. The van der Waals surface area contributed by atoms with E-state index in [1.807, 2.05) is 19.9 Å². The van der Waals surface area contributed by atoms with Crippen molar-refractivity contribution in [3.63, 3.8) is 0 Å². The Kier molecular flexibility index (Phi) is 8.77. The number of thioether (sulfide) groups is 1. The van der Waals surface area contributed by atoms with Gasteiger partial charge in [0.15, 0.2) is 5.16 Å². The number of rotatable bonds is 8. The fourth-order valence-electron chi connectivity index (χ4n) is 2.66. The molecule has 1 amide bonds. The molecule has 0 spiro atoms. The number of halogens is 3. The molecule has 0 radical (unpaired) electrons. The minimum absolute atomic E-state index is 0.0925. The Balaban J connectivity index is 1.55. The van der Waals surface area contributed by atoms with E-state index in [9.17, 15) is 9.18 Å². The number of carbonyl (C=O) groups is 1. The first-order chi connectivity index (χ1) is 15.3. The largest absolute Gasteiger partial charge is 0.486 e. The highest BCUT2D eigenvalue weighted by Crippen LogP contribution is 2.35. The van der Waals surface area contributed by atoms with Gasteiger partial charge in [-0.15, -0.1) is 0 Å². The maximum Gasteiger partial charge on any atom is 0.250 e. The van der Waals surface area contributed by atoms with Gasteiger partial charge in [-0.2, -0.15) is 5.10 Å². The molecule has 1 aromatic heterocycles. The molecule has 0 aliphatic carbocycles. The number of benzene rings is 2. The topological polar surface area (TPSA) is 76.5 Å². The summed E-state index contributed by atoms with van der Waals surface area (Å²) in [6.07, 6.45) is 1.52. The molecule has 0 unspecified atom stereocenters. The van der Waals surface area contributed by atoms with Gasteiger partial charge in [-0.1, -0.05) is 30.0 Å². The lowest BCUT2D eigenvalue weighted by Gasteiger charge is -2.11. The van der Waals surface area contributed by atoms with E-state index in [0.29, 0.717) is 25.4 Å². The standard InChI is InChI=1S/C22H19Br2FN4O2S/c1-13-7-14(2)28-22(27-13)32-12-20(30)29-26-10-15-8-17(23)21(18(24)9-15)31-11-16-5-3-4-6-19(16)25/h3-10H,11-12H2,1-2H3,(H,29,30)/b26-10-. The number of hydrazone groups is 1. The highest BCUT2D eigenvalue weighted by molar-refractivity contribution is 9.11. The number of carbonyl (C=O) groups excluding carboxylic acids is 1. The van der Waals surface area contributed by atoms with Gasteiger partial charge in [0.05, 0.1) is 20.9 Å². The maximum absolute atomic E-state index is 13.8. The van der Waals surface area contributed by atoms with Gasteiger partial charge in [0.1, 0.15) is 18.2 Å². The Labute approximate surface area is 206 Å². The lowest BCUT2D eigenvalue weighted by Crippen LogP contribution is -2.19. The van der Waals surface area contributed by atoms with Crippen LogP contribution in [0.2, 0.25) is 0 Å². The summed E-state index contributed by atoms with van der Waals surface area (Å²) in [5.74, 6) is 0.106. The third-order valence-corrected chi connectivity index (χ3v) is 6.07. The van der Waals surface area contributed by atoms with Crippen molar-refractivity contribution in [3.8, 4) is 5.75 Å². The predicted octanol–water partition coefficient (Wildman–Crippen LogP) is 5.58. The second kappa shape index (κ2) is 11.5. The minimum atomic E-state index is -0.318. The zero-order chi connectivity index (χ0) is 23.1. The fraction of sp³-hybridized carbons (Fsp3) is 0.182. The summed E-state index contributed by atoms with van der Waals surface area (Å²) in [4.78, 5) is 20.6. The summed E-state index contributed by atoms with van der Waals surface area (Å²) in [5.41, 5.74) is 5.39. The number of hydrogen-bond acceptors (Lipinski definition) is 6. The van der Waals surface area contributed by atoms with Crippen LogP contribution in [0.1, 0.15) is 22.5 Å². The van der Waals surface area contributed by atoms with Crippen LogP contribution in [-0.4, -0.2) is 27.8 Å². The van der Waals surface area contributed by atoms with Crippen LogP contribution >= 0.6 is 43.6 Å². The van der Waals surface area contributed by atoms with Gasteiger partial charge in [-0.05, 0) is 75.5 Å². The molecule has 10 heteroatoms. The third kappa shape index (κ3) is 7.11. The van der Waals surface area contributed by atoms with Crippen molar-refractivity contribution >= 4 is 55.7 Å². The molecule has 0 atom stereocenters. The van der Waals surface area contributed by atoms with Crippen LogP contribution < -0.4 is 10.2 Å². The minimum Gasteiger partial charge on any atom is -0.486 e. The highest BCUT2D eigenvalue weighted by Gasteiger charge is 2.11. The summed E-state index contributed by atoms with van der Waals surface area (Å²) in [6.45, 7) is 3.86. The van der Waals surface area contributed by atoms with E-state index in [1.54, 1.807) is 30.3 Å². The summed E-state index contributed by atoms with van der Waals surface area (Å²) < 4.78 is 20.9. The molecule has 6 nitrogen and oxygen atoms in total. The van der Waals surface area contributed by atoms with Crippen LogP contribution in [0.4, 0.5) is 4.39 Å². The third-order valence-electron chi connectivity index (χ3n) is 4.05. The number of aryl methyl sites for hydroxylation is 2. The Morgan fingerprint density at radius 3 is 2.47 bits per heavy atom. The van der Waals surface area contributed by atoms with Crippen LogP contribution in [-0.2, 0) is 11.4 Å². The number of hydrogen-bond donors (Lipinski definition) is 1. The first-order valence-electron chi connectivity index (χ1n) is 9.44. The van der Waals surface area contributed by atoms with Gasteiger partial charge in [0, 0.05) is 17.0 Å². The molecule has 0 aliphatic heterocycles. The molecule has 1 heterocycles. The van der Waals surface area contributed by atoms with Crippen molar-refractivity contribution in [2.45, 2.75) is 25.6 Å². The molecule has 0 saturated heterocycles. The molecular formula is C22H19Br2FN4O2S. The summed E-state index contributed by atoms with van der Waals surface area (Å²) >= 11 is 8.16. The van der Waals surface area contributed by atoms with Crippen LogP contribution in [0.5, 0.6) is 5.75 Å². The number of nitrogens with zero attached hydrogens (tertiary/aromatic N) is 3. The molecule has 3 rings (SSSR count). The molecule has 2 aromatic carbocycles. The highest BCUT2D eigenvalue weighted by atomic mass is 79.9. The summed E-state index contributed by atoms with van der Waals surface area (Å²) in [6, 6.07) is 11.9. The van der Waals surface area contributed by atoms with E-state index < -0.39 is 0 Å². The summed E-state index contributed by atoms with van der Waals surface area (Å²) in [5, 5.41) is 4.55. The van der Waals surface area contributed by atoms with E-state index in [1.165, 1.54) is 24.0 Å². The Morgan fingerprint density at radius 2 is 1.81 bits per heavy atom. The predicted molar refractivity (Wildman–Crippen MR) is 131 cm³/mol. The SMILES string of the molecule is Cc1cc(C)nc(SCC(=O)N/N=C\c2cc(Br)c(OCc3ccccc3F)c(Br)c2)n1. The lowest BCUT2D eigenvalue weighted by molar-refractivity contribution is -0.118. The molecule has 1 N–H and O–H groups in total. The Morgan fingerprint density at radius 1 is 1.16 bits per heavy atom. The fourth-order valence-corrected chi connectivity index (χ4v) is 4.85. The van der Waals surface area contributed by atoms with E-state index >= 15 is 0 Å². The van der Waals surface area contributed by atoms with Gasteiger partial charge in [-0.25, -0.2) is 19.8 Å². The molecule has 0 bridgehead atoms. The van der Waals surface area contributed by atoms with Crippen LogP contribution in [0.3, 0.4) is 0 Å². The van der Waals surface area contributed by atoms with Crippen molar-refractivity contribution in [3.05, 3.63) is 79.7 Å². The second-order valence-electron chi connectivity index (χ2n) is 6.71. The zero-order valence-electron chi connectivity index (χ0n) is 17.2. The lowest BCUT2D eigenvalue weighted by atomic mass is 10.2. The first kappa shape index (κ1) is 24.3. The van der Waals surface area contributed by atoms with Crippen LogP contribution in [0, 0.1) is 19.7 Å². The molecule has 0 fully saturated rings. The van der Waals surface area contributed by atoms with E-state index in [4.69, 9.17) is 4.74 Å². The number of aromatic nitrogens is 2. The van der Waals surface area contributed by atoms with Gasteiger partial charge in [-0.3, -0.25) is 4.79 Å². The number of nitrogens with one attached hydrogen (secondary N) is 1. The quantitative estimate of drug-likeness (QED) is 0.163. The van der Waals surface area contributed by atoms with E-state index in [2.05, 4.69) is 52.4 Å². The van der Waals surface area contributed by atoms with Crippen molar-refractivity contribution in [2.75, 3.05) is 5.75 Å². The molecule has 166 valence electrons. The average molecular weight is 582 g/mol. The van der Waals surface area contributed by atoms with Gasteiger partial charge in [0.25, 0.3) is 5.91 Å². The second-order valence-corrected chi connectivity index (χ2v) is 9.36. The number of ether oxygens (including phenoxy) is 1. The molecular weight excluding hydrogens is 563 g/mol. The van der Waals surface area contributed by atoms with E-state index in [0.717, 1.165) is 17.0 Å². The Bertz CT molecular complexity index is 1120. The van der Waals surface area contributed by atoms with E-state index in [-0.39, 0.29) is 24.1 Å². The van der Waals surface area contributed by atoms with Crippen LogP contribution in [0.15, 0.2) is 61.7 Å². The first-order valence-corrected chi connectivity index (χ1v) is 12.0. The molecule has 0 aliphatic rings.